The summed E-state index contributed by atoms with van der Waals surface area (Å²) in [5.74, 6) is 0. The minimum absolute atomic E-state index is 1.13. The summed E-state index contributed by atoms with van der Waals surface area (Å²) < 4.78 is 0. The van der Waals surface area contributed by atoms with E-state index in [4.69, 9.17) is 0 Å². The Balaban J connectivity index is 2.04. The topological polar surface area (TPSA) is 6.48 Å². The van der Waals surface area contributed by atoms with Gasteiger partial charge in [-0.25, -0.2) is 0 Å². The average Bonchev–Trinajstić information content (AvgIpc) is 2.88. The second-order valence-corrected chi connectivity index (χ2v) is 5.64. The van der Waals surface area contributed by atoms with Gasteiger partial charge < -0.3 is 0 Å². The van der Waals surface area contributed by atoms with Crippen LogP contribution in [0.5, 0.6) is 0 Å². The molecule has 0 radical (unpaired) electrons. The largest absolute Gasteiger partial charge is 0.285 e. The van der Waals surface area contributed by atoms with Crippen LogP contribution in [0.4, 0.5) is 11.4 Å². The summed E-state index contributed by atoms with van der Waals surface area (Å²) in [5.41, 5.74) is 8.16. The minimum atomic E-state index is 1.13. The lowest BCUT2D eigenvalue weighted by Crippen LogP contribution is -2.39. The molecule has 1 saturated heterocycles. The van der Waals surface area contributed by atoms with E-state index >= 15 is 0 Å². The molecule has 2 nitrogen and oxygen atoms in total. The Morgan fingerprint density at radius 2 is 1.21 bits per heavy atom. The molecule has 0 spiro atoms. The van der Waals surface area contributed by atoms with Gasteiger partial charge in [-0.3, -0.25) is 10.0 Å². The highest BCUT2D eigenvalue weighted by Crippen LogP contribution is 2.45. The number of anilines is 2. The van der Waals surface area contributed by atoms with Crippen LogP contribution in [0.1, 0.15) is 17.5 Å². The van der Waals surface area contributed by atoms with Crippen molar-refractivity contribution < 1.29 is 0 Å². The molecule has 4 rings (SSSR count). The fourth-order valence-corrected chi connectivity index (χ4v) is 3.29. The van der Waals surface area contributed by atoms with Crippen molar-refractivity contribution in [1.29, 1.82) is 0 Å². The van der Waals surface area contributed by atoms with Crippen LogP contribution in [0, 0.1) is 13.8 Å². The monoisotopic (exact) mass is 250 g/mol. The molecule has 0 amide bonds. The Kier molecular flexibility index (Phi) is 2.16. The van der Waals surface area contributed by atoms with Gasteiger partial charge in [0, 0.05) is 24.2 Å². The molecule has 0 saturated carbocycles. The number of nitrogens with zero attached hydrogens (tertiary/aromatic N) is 2. The lowest BCUT2D eigenvalue weighted by molar-refractivity contribution is 0.881. The SMILES string of the molecule is Cc1ccc2c(c1)-c1cc(C)ccc1N1CCCN21. The molecule has 0 unspecified atom stereocenters. The third-order valence-corrected chi connectivity index (χ3v) is 4.18. The van der Waals surface area contributed by atoms with Gasteiger partial charge in [0.2, 0.25) is 0 Å². The van der Waals surface area contributed by atoms with Gasteiger partial charge in [0.1, 0.15) is 0 Å². The number of hydrogen-bond acceptors (Lipinski definition) is 2. The number of aryl methyl sites for hydroxylation is 2. The average molecular weight is 250 g/mol. The van der Waals surface area contributed by atoms with Gasteiger partial charge >= 0.3 is 0 Å². The lowest BCUT2D eigenvalue weighted by atomic mass is 9.96. The third kappa shape index (κ3) is 1.49. The second kappa shape index (κ2) is 3.77. The highest BCUT2D eigenvalue weighted by Gasteiger charge is 2.31. The lowest BCUT2D eigenvalue weighted by Gasteiger charge is -2.39. The maximum Gasteiger partial charge on any atom is 0.0653 e. The Labute approximate surface area is 114 Å². The van der Waals surface area contributed by atoms with E-state index in [9.17, 15) is 0 Å². The second-order valence-electron chi connectivity index (χ2n) is 5.64. The molecule has 0 atom stereocenters. The van der Waals surface area contributed by atoms with Gasteiger partial charge in [0.15, 0.2) is 0 Å². The first-order chi connectivity index (χ1) is 9.24. The Hall–Kier alpha value is -1.96. The zero-order valence-corrected chi connectivity index (χ0v) is 11.5. The van der Waals surface area contributed by atoms with Crippen molar-refractivity contribution in [3.8, 4) is 11.1 Å². The molecule has 19 heavy (non-hydrogen) atoms. The summed E-state index contributed by atoms with van der Waals surface area (Å²) in [6.07, 6.45) is 1.24. The van der Waals surface area contributed by atoms with Crippen LogP contribution in [0.3, 0.4) is 0 Å². The first kappa shape index (κ1) is 10.9. The Morgan fingerprint density at radius 3 is 1.68 bits per heavy atom. The van der Waals surface area contributed by atoms with E-state index in [1.54, 1.807) is 0 Å². The smallest absolute Gasteiger partial charge is 0.0653 e. The molecular weight excluding hydrogens is 232 g/mol. The predicted molar refractivity (Wildman–Crippen MR) is 80.7 cm³/mol. The molecule has 96 valence electrons. The van der Waals surface area contributed by atoms with Gasteiger partial charge in [-0.15, -0.1) is 0 Å². The molecule has 2 heterocycles. The van der Waals surface area contributed by atoms with E-state index in [2.05, 4.69) is 60.3 Å². The molecule has 2 aliphatic heterocycles. The zero-order chi connectivity index (χ0) is 13.0. The van der Waals surface area contributed by atoms with E-state index in [0.717, 1.165) is 13.1 Å². The van der Waals surface area contributed by atoms with Crippen LogP contribution in [-0.4, -0.2) is 13.1 Å². The zero-order valence-electron chi connectivity index (χ0n) is 11.5. The van der Waals surface area contributed by atoms with E-state index < -0.39 is 0 Å². The van der Waals surface area contributed by atoms with Crippen molar-refractivity contribution >= 4 is 11.4 Å². The van der Waals surface area contributed by atoms with Crippen molar-refractivity contribution in [1.82, 2.24) is 0 Å². The number of hydrazine groups is 1. The molecular formula is C17H18N2. The summed E-state index contributed by atoms with van der Waals surface area (Å²) >= 11 is 0. The summed E-state index contributed by atoms with van der Waals surface area (Å²) in [6, 6.07) is 13.6. The fourth-order valence-electron chi connectivity index (χ4n) is 3.29. The number of fused-ring (bicyclic) bond motifs is 6. The summed E-state index contributed by atoms with van der Waals surface area (Å²) in [6.45, 7) is 6.60. The number of hydrogen-bond donors (Lipinski definition) is 0. The molecule has 1 fully saturated rings. The van der Waals surface area contributed by atoms with Crippen LogP contribution in [0.2, 0.25) is 0 Å². The number of rotatable bonds is 0. The van der Waals surface area contributed by atoms with Gasteiger partial charge in [0.05, 0.1) is 11.4 Å². The molecule has 2 aromatic carbocycles. The predicted octanol–water partition coefficient (Wildman–Crippen LogP) is 3.92. The van der Waals surface area contributed by atoms with Crippen LogP contribution in [-0.2, 0) is 0 Å². The summed E-state index contributed by atoms with van der Waals surface area (Å²) in [7, 11) is 0. The standard InChI is InChI=1S/C17H18N2/c1-12-4-6-16-14(10-12)15-11-13(2)5-7-17(15)19-9-3-8-18(16)19/h4-7,10-11H,3,8-9H2,1-2H3. The Bertz CT molecular complexity index is 603. The summed E-state index contributed by atoms with van der Waals surface area (Å²) in [5, 5.41) is 4.87. The molecule has 2 aliphatic rings. The van der Waals surface area contributed by atoms with Crippen molar-refractivity contribution in [2.24, 2.45) is 0 Å². The molecule has 2 heteroatoms. The highest BCUT2D eigenvalue weighted by molar-refractivity contribution is 5.93. The first-order valence-electron chi connectivity index (χ1n) is 7.01. The Morgan fingerprint density at radius 1 is 0.737 bits per heavy atom. The van der Waals surface area contributed by atoms with E-state index in [0.29, 0.717) is 0 Å². The first-order valence-corrected chi connectivity index (χ1v) is 7.01. The molecule has 0 N–H and O–H groups in total. The fraction of sp³-hybridized carbons (Fsp3) is 0.294. The van der Waals surface area contributed by atoms with Gasteiger partial charge in [-0.05, 0) is 44.5 Å². The van der Waals surface area contributed by atoms with Gasteiger partial charge in [-0.2, -0.15) is 0 Å². The molecule has 0 bridgehead atoms. The normalized spacial score (nSPS) is 16.1. The maximum absolute atomic E-state index is 2.44. The van der Waals surface area contributed by atoms with Crippen LogP contribution >= 0.6 is 0 Å². The minimum Gasteiger partial charge on any atom is -0.285 e. The van der Waals surface area contributed by atoms with Crippen molar-refractivity contribution in [3.05, 3.63) is 47.5 Å². The molecule has 0 aromatic heterocycles. The van der Waals surface area contributed by atoms with Crippen molar-refractivity contribution in [2.75, 3.05) is 23.1 Å². The van der Waals surface area contributed by atoms with E-state index in [-0.39, 0.29) is 0 Å². The third-order valence-electron chi connectivity index (χ3n) is 4.18. The highest BCUT2D eigenvalue weighted by atomic mass is 15.7. The summed E-state index contributed by atoms with van der Waals surface area (Å²) in [4.78, 5) is 0. The quantitative estimate of drug-likeness (QED) is 0.699. The van der Waals surface area contributed by atoms with Crippen molar-refractivity contribution in [3.63, 3.8) is 0 Å². The van der Waals surface area contributed by atoms with Crippen molar-refractivity contribution in [2.45, 2.75) is 20.3 Å². The number of benzene rings is 2. The van der Waals surface area contributed by atoms with Crippen LogP contribution in [0.15, 0.2) is 36.4 Å². The van der Waals surface area contributed by atoms with Crippen LogP contribution < -0.4 is 10.0 Å². The maximum atomic E-state index is 2.44. The van der Waals surface area contributed by atoms with Crippen LogP contribution in [0.25, 0.3) is 11.1 Å². The van der Waals surface area contributed by atoms with E-state index in [1.165, 1.54) is 40.0 Å². The molecule has 2 aromatic rings. The van der Waals surface area contributed by atoms with E-state index in [1.807, 2.05) is 0 Å². The van der Waals surface area contributed by atoms with Gasteiger partial charge in [0.25, 0.3) is 0 Å². The molecule has 0 aliphatic carbocycles. The van der Waals surface area contributed by atoms with Gasteiger partial charge in [-0.1, -0.05) is 23.3 Å².